The molecule has 4 aromatic rings. The molecule has 0 bridgehead atoms. The van der Waals surface area contributed by atoms with E-state index < -0.39 is 11.4 Å². The van der Waals surface area contributed by atoms with Crippen LogP contribution in [-0.2, 0) is 5.54 Å². The van der Waals surface area contributed by atoms with E-state index in [4.69, 9.17) is 33.5 Å². The summed E-state index contributed by atoms with van der Waals surface area (Å²) in [7, 11) is 9.03. The van der Waals surface area contributed by atoms with Crippen LogP contribution >= 0.6 is 15.9 Å². The van der Waals surface area contributed by atoms with Crippen LogP contribution in [0.1, 0.15) is 48.5 Å². The lowest BCUT2D eigenvalue weighted by Gasteiger charge is -2.42. The van der Waals surface area contributed by atoms with Gasteiger partial charge in [-0.1, -0.05) is 28.1 Å². The average Bonchev–Trinajstić information content (AvgIpc) is 3.31. The lowest BCUT2D eigenvalue weighted by Crippen LogP contribution is -2.47. The molecular weight excluding hydrogens is 644 g/mol. The fraction of sp³-hybridized carbons (Fsp3) is 0.206. The number of carbonyl (C=O) groups excluding carboxylic acids is 2. The van der Waals surface area contributed by atoms with E-state index >= 15 is 0 Å². The topological polar surface area (TPSA) is 105 Å². The van der Waals surface area contributed by atoms with Gasteiger partial charge in [-0.2, -0.15) is 5.10 Å². The molecule has 0 unspecified atom stereocenters. The van der Waals surface area contributed by atoms with Crippen LogP contribution in [0.15, 0.2) is 70.2 Å². The van der Waals surface area contributed by atoms with E-state index in [1.54, 1.807) is 42.6 Å². The second kappa shape index (κ2) is 11.5. The number of fused-ring (bicyclic) bond motifs is 6. The molecule has 4 aromatic carbocycles. The van der Waals surface area contributed by atoms with E-state index in [0.717, 1.165) is 10.0 Å². The van der Waals surface area contributed by atoms with Crippen LogP contribution in [0.2, 0.25) is 0 Å². The fourth-order valence-electron chi connectivity index (χ4n) is 6.09. The Balaban J connectivity index is 1.79. The molecule has 1 heterocycles. The zero-order chi connectivity index (χ0) is 32.0. The van der Waals surface area contributed by atoms with Gasteiger partial charge < -0.3 is 28.4 Å². The van der Waals surface area contributed by atoms with Gasteiger partial charge in [0.1, 0.15) is 5.54 Å². The number of ketones is 1. The molecule has 1 aliphatic heterocycles. The largest absolute Gasteiger partial charge is 0.493 e. The number of ether oxygens (including phenoxy) is 6. The maximum atomic E-state index is 14.6. The van der Waals surface area contributed by atoms with Crippen molar-refractivity contribution in [3.8, 4) is 34.5 Å². The van der Waals surface area contributed by atoms with Crippen molar-refractivity contribution in [3.05, 3.63) is 104 Å². The molecule has 6 rings (SSSR count). The molecule has 45 heavy (non-hydrogen) atoms. The SMILES string of the molecule is COc1cc2c(cc1OC)C1(c3cc(OC)c(OC)cc3C2=O)c2cc(OC)c(OC)cc2C(=O)N1/N=C/c1ccc(Br)cc1. The Labute approximate surface area is 268 Å². The van der Waals surface area contributed by atoms with Gasteiger partial charge in [0.25, 0.3) is 5.91 Å². The lowest BCUT2D eigenvalue weighted by molar-refractivity contribution is 0.0675. The second-order valence-corrected chi connectivity index (χ2v) is 11.1. The van der Waals surface area contributed by atoms with Crippen LogP contribution in [0, 0.1) is 0 Å². The van der Waals surface area contributed by atoms with E-state index in [0.29, 0.717) is 67.9 Å². The number of methoxy groups -OCH3 is 6. The minimum absolute atomic E-state index is 0.298. The molecule has 1 amide bonds. The Morgan fingerprint density at radius 1 is 0.600 bits per heavy atom. The number of hydrogen-bond donors (Lipinski definition) is 0. The van der Waals surface area contributed by atoms with Gasteiger partial charge in [0, 0.05) is 32.3 Å². The van der Waals surface area contributed by atoms with Crippen molar-refractivity contribution in [2.75, 3.05) is 42.7 Å². The number of halogens is 1. The highest BCUT2D eigenvalue weighted by Crippen LogP contribution is 2.58. The molecule has 0 aromatic heterocycles. The highest BCUT2D eigenvalue weighted by molar-refractivity contribution is 9.10. The third-order valence-corrected chi connectivity index (χ3v) is 8.69. The summed E-state index contributed by atoms with van der Waals surface area (Å²) < 4.78 is 34.8. The summed E-state index contributed by atoms with van der Waals surface area (Å²) in [5.41, 5.74) is 1.60. The Kier molecular flexibility index (Phi) is 7.65. The average molecular weight is 674 g/mol. The van der Waals surface area contributed by atoms with Gasteiger partial charge >= 0.3 is 0 Å². The predicted molar refractivity (Wildman–Crippen MR) is 170 cm³/mol. The number of hydrogen-bond acceptors (Lipinski definition) is 9. The number of benzene rings is 4. The standard InChI is InChI=1S/C34H29BrN2O8/c1-40-26-11-20-23(14-29(26)43-4)34(24-15-30(44-5)27(41-2)12-21(24)32(20)38)25-16-31(45-6)28(42-3)13-22(25)33(39)37(34)36-17-18-7-9-19(35)10-8-18/h7-17H,1-6H3/b36-17+. The Morgan fingerprint density at radius 2 is 0.978 bits per heavy atom. The zero-order valence-corrected chi connectivity index (χ0v) is 27.0. The van der Waals surface area contributed by atoms with Gasteiger partial charge in [-0.15, -0.1) is 0 Å². The molecule has 0 atom stereocenters. The van der Waals surface area contributed by atoms with Crippen molar-refractivity contribution in [2.24, 2.45) is 5.10 Å². The summed E-state index contributed by atoms with van der Waals surface area (Å²) in [6.07, 6.45) is 1.60. The quantitative estimate of drug-likeness (QED) is 0.216. The van der Waals surface area contributed by atoms with Crippen molar-refractivity contribution in [3.63, 3.8) is 0 Å². The second-order valence-electron chi connectivity index (χ2n) is 10.2. The highest BCUT2D eigenvalue weighted by atomic mass is 79.9. The number of nitrogens with zero attached hydrogens (tertiary/aromatic N) is 2. The molecule has 0 fully saturated rings. The van der Waals surface area contributed by atoms with Crippen LogP contribution in [0.3, 0.4) is 0 Å². The van der Waals surface area contributed by atoms with E-state index in [2.05, 4.69) is 15.9 Å². The normalized spacial score (nSPS) is 14.2. The van der Waals surface area contributed by atoms with Crippen LogP contribution in [0.25, 0.3) is 0 Å². The summed E-state index contributed by atoms with van der Waals surface area (Å²) >= 11 is 3.46. The van der Waals surface area contributed by atoms with Gasteiger partial charge in [0.05, 0.1) is 54.4 Å². The molecular formula is C34H29BrN2O8. The number of hydrazone groups is 1. The number of amides is 1. The molecule has 2 aliphatic rings. The summed E-state index contributed by atoms with van der Waals surface area (Å²) in [4.78, 5) is 28.9. The molecule has 0 saturated carbocycles. The van der Waals surface area contributed by atoms with E-state index in [-0.39, 0.29) is 5.78 Å². The van der Waals surface area contributed by atoms with Crippen molar-refractivity contribution < 1.29 is 38.0 Å². The summed E-state index contributed by atoms with van der Waals surface area (Å²) in [6, 6.07) is 17.6. The van der Waals surface area contributed by atoms with Crippen LogP contribution in [0.5, 0.6) is 34.5 Å². The van der Waals surface area contributed by atoms with Crippen molar-refractivity contribution in [1.82, 2.24) is 5.01 Å². The summed E-state index contributed by atoms with van der Waals surface area (Å²) in [5, 5.41) is 6.22. The first-order chi connectivity index (χ1) is 21.8. The highest BCUT2D eigenvalue weighted by Gasteiger charge is 2.58. The van der Waals surface area contributed by atoms with Crippen molar-refractivity contribution in [2.45, 2.75) is 5.54 Å². The first-order valence-corrected chi connectivity index (χ1v) is 14.5. The van der Waals surface area contributed by atoms with E-state index in [1.165, 1.54) is 47.7 Å². The Hall–Kier alpha value is -5.03. The third kappa shape index (κ3) is 4.40. The predicted octanol–water partition coefficient (Wildman–Crippen LogP) is 5.83. The van der Waals surface area contributed by atoms with E-state index in [9.17, 15) is 9.59 Å². The Bertz CT molecular complexity index is 1820. The number of carbonyl (C=O) groups is 2. The van der Waals surface area contributed by atoms with Gasteiger partial charge in [-0.3, -0.25) is 9.59 Å². The number of rotatable bonds is 8. The first kappa shape index (κ1) is 30.0. The molecule has 1 spiro atoms. The van der Waals surface area contributed by atoms with Gasteiger partial charge in [-0.05, 0) is 54.1 Å². The maximum Gasteiger partial charge on any atom is 0.276 e. The van der Waals surface area contributed by atoms with Crippen molar-refractivity contribution >= 4 is 33.8 Å². The molecule has 0 saturated heterocycles. The monoisotopic (exact) mass is 672 g/mol. The maximum absolute atomic E-state index is 14.6. The minimum atomic E-state index is -1.49. The van der Waals surface area contributed by atoms with Crippen LogP contribution in [0.4, 0.5) is 0 Å². The van der Waals surface area contributed by atoms with Gasteiger partial charge in [0.15, 0.2) is 40.3 Å². The summed E-state index contributed by atoms with van der Waals surface area (Å²) in [6.45, 7) is 0. The molecule has 0 radical (unpaired) electrons. The fourth-order valence-corrected chi connectivity index (χ4v) is 6.35. The molecule has 10 nitrogen and oxygen atoms in total. The van der Waals surface area contributed by atoms with E-state index in [1.807, 2.05) is 24.3 Å². The van der Waals surface area contributed by atoms with Crippen molar-refractivity contribution in [1.29, 1.82) is 0 Å². The minimum Gasteiger partial charge on any atom is -0.493 e. The molecule has 230 valence electrons. The zero-order valence-electron chi connectivity index (χ0n) is 25.4. The third-order valence-electron chi connectivity index (χ3n) is 8.16. The first-order valence-electron chi connectivity index (χ1n) is 13.8. The smallest absolute Gasteiger partial charge is 0.276 e. The molecule has 11 heteroatoms. The lowest BCUT2D eigenvalue weighted by atomic mass is 9.68. The Morgan fingerprint density at radius 3 is 1.40 bits per heavy atom. The van der Waals surface area contributed by atoms with Crippen LogP contribution < -0.4 is 28.4 Å². The molecule has 1 aliphatic carbocycles. The van der Waals surface area contributed by atoms with Gasteiger partial charge in [-0.25, -0.2) is 5.01 Å². The van der Waals surface area contributed by atoms with Crippen LogP contribution in [-0.4, -0.2) is 65.6 Å². The van der Waals surface area contributed by atoms with Gasteiger partial charge in [0.2, 0.25) is 0 Å². The summed E-state index contributed by atoms with van der Waals surface area (Å²) in [5.74, 6) is 1.47. The molecule has 0 N–H and O–H groups in total.